The number of thiazole rings is 1. The molecule has 6 heteroatoms. The van der Waals surface area contributed by atoms with Gasteiger partial charge in [-0.25, -0.2) is 0 Å². The zero-order valence-corrected chi connectivity index (χ0v) is 11.5. The largest absolute Gasteiger partial charge is 0.494 e. The Morgan fingerprint density at radius 1 is 1.26 bits per heavy atom. The Morgan fingerprint density at radius 2 is 2.00 bits per heavy atom. The lowest BCUT2D eigenvalue weighted by molar-refractivity contribution is 0.324. The SMILES string of the molecule is CCOc1ccc(-c2sc(=O)[nH]c2O)c(OCC)c1. The number of rotatable bonds is 5. The molecular weight excluding hydrogens is 266 g/mol. The van der Waals surface area contributed by atoms with Crippen molar-refractivity contribution in [3.63, 3.8) is 0 Å². The second-order valence-electron chi connectivity index (χ2n) is 3.72. The van der Waals surface area contributed by atoms with E-state index in [9.17, 15) is 9.90 Å². The van der Waals surface area contributed by atoms with Crippen LogP contribution in [0, 0.1) is 0 Å². The van der Waals surface area contributed by atoms with Gasteiger partial charge in [-0.15, -0.1) is 0 Å². The van der Waals surface area contributed by atoms with Gasteiger partial charge in [0, 0.05) is 11.6 Å². The van der Waals surface area contributed by atoms with Crippen molar-refractivity contribution < 1.29 is 14.6 Å². The molecule has 0 spiro atoms. The van der Waals surface area contributed by atoms with Crippen molar-refractivity contribution in [2.75, 3.05) is 13.2 Å². The molecule has 0 radical (unpaired) electrons. The highest BCUT2D eigenvalue weighted by Crippen LogP contribution is 2.38. The number of aromatic amines is 1. The zero-order chi connectivity index (χ0) is 13.8. The van der Waals surface area contributed by atoms with Crippen LogP contribution in [0.25, 0.3) is 10.4 Å². The Balaban J connectivity index is 2.49. The summed E-state index contributed by atoms with van der Waals surface area (Å²) in [6.07, 6.45) is 0. The van der Waals surface area contributed by atoms with Crippen LogP contribution >= 0.6 is 11.3 Å². The van der Waals surface area contributed by atoms with Gasteiger partial charge in [0.2, 0.25) is 5.88 Å². The second-order valence-corrected chi connectivity index (χ2v) is 4.70. The van der Waals surface area contributed by atoms with Crippen molar-refractivity contribution in [3.05, 3.63) is 27.9 Å². The van der Waals surface area contributed by atoms with Crippen LogP contribution < -0.4 is 14.3 Å². The van der Waals surface area contributed by atoms with E-state index in [0.29, 0.717) is 35.2 Å². The Kier molecular flexibility index (Phi) is 4.11. The molecule has 0 fully saturated rings. The Labute approximate surface area is 114 Å². The molecule has 1 heterocycles. The number of ether oxygens (including phenoxy) is 2. The van der Waals surface area contributed by atoms with E-state index in [1.54, 1.807) is 18.2 Å². The third kappa shape index (κ3) is 2.90. The number of hydrogen-bond donors (Lipinski definition) is 2. The topological polar surface area (TPSA) is 71.6 Å². The highest BCUT2D eigenvalue weighted by Gasteiger charge is 2.15. The monoisotopic (exact) mass is 281 g/mol. The summed E-state index contributed by atoms with van der Waals surface area (Å²) in [5.41, 5.74) is 0.672. The van der Waals surface area contributed by atoms with Crippen molar-refractivity contribution in [1.82, 2.24) is 4.98 Å². The number of aromatic nitrogens is 1. The molecular formula is C13H15NO4S. The van der Waals surface area contributed by atoms with E-state index in [4.69, 9.17) is 9.47 Å². The lowest BCUT2D eigenvalue weighted by Gasteiger charge is -2.11. The molecule has 0 aliphatic heterocycles. The van der Waals surface area contributed by atoms with Crippen molar-refractivity contribution in [2.45, 2.75) is 13.8 Å². The number of H-pyrrole nitrogens is 1. The standard InChI is InChI=1S/C13H15NO4S/c1-3-17-8-5-6-9(10(7-8)18-4-2)11-12(15)14-13(16)19-11/h5-7,15H,3-4H2,1-2H3,(H,14,16). The van der Waals surface area contributed by atoms with Crippen molar-refractivity contribution in [1.29, 1.82) is 0 Å². The fourth-order valence-corrected chi connectivity index (χ4v) is 2.48. The predicted octanol–water partition coefficient (Wildman–Crippen LogP) is 2.61. The Bertz CT molecular complexity index is 617. The summed E-state index contributed by atoms with van der Waals surface area (Å²) >= 11 is 0.945. The fraction of sp³-hybridized carbons (Fsp3) is 0.308. The summed E-state index contributed by atoms with van der Waals surface area (Å²) < 4.78 is 11.0. The van der Waals surface area contributed by atoms with Crippen LogP contribution in [0.15, 0.2) is 23.0 Å². The highest BCUT2D eigenvalue weighted by atomic mass is 32.1. The van der Waals surface area contributed by atoms with Crippen LogP contribution in [0.3, 0.4) is 0 Å². The van der Waals surface area contributed by atoms with Gasteiger partial charge in [0.05, 0.1) is 13.2 Å². The minimum absolute atomic E-state index is 0.139. The van der Waals surface area contributed by atoms with Crippen LogP contribution in [0.4, 0.5) is 0 Å². The molecule has 0 aliphatic carbocycles. The molecule has 5 nitrogen and oxygen atoms in total. The Hall–Kier alpha value is -1.95. The molecule has 0 saturated heterocycles. The smallest absolute Gasteiger partial charge is 0.307 e. The van der Waals surface area contributed by atoms with Gasteiger partial charge < -0.3 is 14.6 Å². The molecule has 0 bridgehead atoms. The van der Waals surface area contributed by atoms with Crippen molar-refractivity contribution >= 4 is 11.3 Å². The summed E-state index contributed by atoms with van der Waals surface area (Å²) in [7, 11) is 0. The molecule has 1 aromatic carbocycles. The molecule has 2 aromatic rings. The molecule has 102 valence electrons. The number of hydrogen-bond acceptors (Lipinski definition) is 5. The van der Waals surface area contributed by atoms with Crippen LogP contribution in [0.2, 0.25) is 0 Å². The van der Waals surface area contributed by atoms with E-state index < -0.39 is 0 Å². The predicted molar refractivity (Wildman–Crippen MR) is 74.4 cm³/mol. The van der Waals surface area contributed by atoms with E-state index in [1.807, 2.05) is 13.8 Å². The Morgan fingerprint density at radius 3 is 2.58 bits per heavy atom. The zero-order valence-electron chi connectivity index (χ0n) is 10.7. The summed E-state index contributed by atoms with van der Waals surface area (Å²) in [6, 6.07) is 5.31. The average molecular weight is 281 g/mol. The van der Waals surface area contributed by atoms with Gasteiger partial charge in [0.25, 0.3) is 0 Å². The molecule has 0 unspecified atom stereocenters. The summed E-state index contributed by atoms with van der Waals surface area (Å²) in [5.74, 6) is 1.14. The van der Waals surface area contributed by atoms with Gasteiger partial charge in [0.1, 0.15) is 16.4 Å². The second kappa shape index (κ2) is 5.79. The average Bonchev–Trinajstić information content (AvgIpc) is 2.70. The van der Waals surface area contributed by atoms with Crippen LogP contribution in [-0.4, -0.2) is 23.3 Å². The van der Waals surface area contributed by atoms with Gasteiger partial charge in [-0.1, -0.05) is 11.3 Å². The summed E-state index contributed by atoms with van der Waals surface area (Å²) in [4.78, 5) is 13.8. The van der Waals surface area contributed by atoms with Crippen molar-refractivity contribution in [3.8, 4) is 27.8 Å². The van der Waals surface area contributed by atoms with Gasteiger partial charge in [-0.3, -0.25) is 9.78 Å². The molecule has 1 aromatic heterocycles. The van der Waals surface area contributed by atoms with Gasteiger partial charge >= 0.3 is 4.87 Å². The number of benzene rings is 1. The van der Waals surface area contributed by atoms with E-state index in [-0.39, 0.29) is 10.8 Å². The minimum Gasteiger partial charge on any atom is -0.494 e. The van der Waals surface area contributed by atoms with E-state index in [1.165, 1.54) is 0 Å². The quantitative estimate of drug-likeness (QED) is 0.883. The first-order valence-electron chi connectivity index (χ1n) is 5.97. The molecule has 2 rings (SSSR count). The first-order chi connectivity index (χ1) is 9.15. The normalized spacial score (nSPS) is 10.4. The van der Waals surface area contributed by atoms with E-state index in [0.717, 1.165) is 11.3 Å². The maximum atomic E-state index is 11.3. The van der Waals surface area contributed by atoms with Gasteiger partial charge in [-0.2, -0.15) is 0 Å². The van der Waals surface area contributed by atoms with Gasteiger partial charge in [0.15, 0.2) is 0 Å². The van der Waals surface area contributed by atoms with Gasteiger partial charge in [-0.05, 0) is 26.0 Å². The molecule has 19 heavy (non-hydrogen) atoms. The first-order valence-corrected chi connectivity index (χ1v) is 6.79. The van der Waals surface area contributed by atoms with Crippen LogP contribution in [0.1, 0.15) is 13.8 Å². The maximum Gasteiger partial charge on any atom is 0.307 e. The minimum atomic E-state index is -0.302. The fourth-order valence-electron chi connectivity index (χ4n) is 1.72. The highest BCUT2D eigenvalue weighted by molar-refractivity contribution is 7.13. The number of nitrogens with one attached hydrogen (secondary N) is 1. The van der Waals surface area contributed by atoms with Crippen LogP contribution in [-0.2, 0) is 0 Å². The molecule has 0 saturated carbocycles. The molecule has 0 aliphatic rings. The first kappa shape index (κ1) is 13.5. The van der Waals surface area contributed by atoms with Crippen molar-refractivity contribution in [2.24, 2.45) is 0 Å². The molecule has 0 amide bonds. The number of aromatic hydroxyl groups is 1. The van der Waals surface area contributed by atoms with E-state index in [2.05, 4.69) is 4.98 Å². The lowest BCUT2D eigenvalue weighted by Crippen LogP contribution is -1.96. The summed E-state index contributed by atoms with van der Waals surface area (Å²) in [5, 5.41) is 9.72. The summed E-state index contributed by atoms with van der Waals surface area (Å²) in [6.45, 7) is 4.82. The van der Waals surface area contributed by atoms with E-state index >= 15 is 0 Å². The molecule has 0 atom stereocenters. The molecule has 2 N–H and O–H groups in total. The third-order valence-corrected chi connectivity index (χ3v) is 3.34. The van der Waals surface area contributed by atoms with Crippen LogP contribution in [0.5, 0.6) is 17.4 Å². The lowest BCUT2D eigenvalue weighted by atomic mass is 10.1. The third-order valence-electron chi connectivity index (χ3n) is 2.44. The maximum absolute atomic E-state index is 11.3.